The van der Waals surface area contributed by atoms with Crippen LogP contribution in [0.1, 0.15) is 66.6 Å². The molecule has 7 rings (SSSR count). The van der Waals surface area contributed by atoms with E-state index in [1.165, 1.54) is 12.0 Å². The standard InChI is InChI=1S/C44H45N3O8/c1-26(2)20-38-41-34(33-19-18-28(52-3)21-36(33)45-41)22-39(43(50)53-4)47(38)42(49)37(23-40(48)54-24-27-12-6-5-7-13-27)46-44(51)55-25-35-31-16-10-8-14-29(31)30-15-9-11-17-32(30)35/h5-19,21,26,35,37-39,45H,20,22-25H2,1-4H3,(H,46,51)/t37-,38?,39-/m0/s1. The third-order valence-corrected chi connectivity index (χ3v) is 10.5. The van der Waals surface area contributed by atoms with E-state index in [0.29, 0.717) is 12.2 Å². The molecule has 4 aromatic carbocycles. The fraction of sp³-hybridized carbons (Fsp3) is 0.318. The number of alkyl carbamates (subject to hydrolysis) is 1. The second-order valence-corrected chi connectivity index (χ2v) is 14.4. The van der Waals surface area contributed by atoms with Crippen molar-refractivity contribution in [3.8, 4) is 16.9 Å². The van der Waals surface area contributed by atoms with Gasteiger partial charge >= 0.3 is 18.0 Å². The molecule has 0 spiro atoms. The molecule has 2 aliphatic rings. The van der Waals surface area contributed by atoms with Gasteiger partial charge in [-0.2, -0.15) is 0 Å². The molecule has 0 radical (unpaired) electrons. The number of benzene rings is 4. The topological polar surface area (TPSA) is 136 Å². The number of carbonyl (C=O) groups excluding carboxylic acids is 4. The van der Waals surface area contributed by atoms with Gasteiger partial charge in [-0.05, 0) is 57.9 Å². The molecule has 5 aromatic rings. The highest BCUT2D eigenvalue weighted by Gasteiger charge is 2.46. The third-order valence-electron chi connectivity index (χ3n) is 10.5. The van der Waals surface area contributed by atoms with Gasteiger partial charge in [0.25, 0.3) is 0 Å². The highest BCUT2D eigenvalue weighted by Crippen LogP contribution is 2.45. The number of nitrogens with zero attached hydrogens (tertiary/aromatic N) is 1. The van der Waals surface area contributed by atoms with Crippen molar-refractivity contribution >= 4 is 34.8 Å². The summed E-state index contributed by atoms with van der Waals surface area (Å²) in [6, 6.07) is 27.7. The molecular formula is C44H45N3O8. The fourth-order valence-corrected chi connectivity index (χ4v) is 7.98. The Kier molecular flexibility index (Phi) is 10.9. The van der Waals surface area contributed by atoms with Crippen molar-refractivity contribution in [1.29, 1.82) is 0 Å². The average Bonchev–Trinajstić information content (AvgIpc) is 3.73. The zero-order valence-corrected chi connectivity index (χ0v) is 31.4. The molecular weight excluding hydrogens is 698 g/mol. The summed E-state index contributed by atoms with van der Waals surface area (Å²) in [6.07, 6.45) is -0.732. The molecule has 0 fully saturated rings. The van der Waals surface area contributed by atoms with Gasteiger partial charge in [-0.3, -0.25) is 9.59 Å². The van der Waals surface area contributed by atoms with Crippen LogP contribution in [0.25, 0.3) is 22.0 Å². The van der Waals surface area contributed by atoms with E-state index in [2.05, 4.69) is 10.3 Å². The van der Waals surface area contributed by atoms with Gasteiger partial charge in [0.15, 0.2) is 0 Å². The van der Waals surface area contributed by atoms with Gasteiger partial charge in [-0.25, -0.2) is 9.59 Å². The van der Waals surface area contributed by atoms with Crippen LogP contribution in [0.5, 0.6) is 5.75 Å². The van der Waals surface area contributed by atoms with Crippen molar-refractivity contribution in [3.05, 3.63) is 125 Å². The molecule has 2 amide bonds. The van der Waals surface area contributed by atoms with Crippen LogP contribution in [0.15, 0.2) is 97.1 Å². The fourth-order valence-electron chi connectivity index (χ4n) is 7.98. The smallest absolute Gasteiger partial charge is 0.407 e. The van der Waals surface area contributed by atoms with Crippen molar-refractivity contribution in [2.45, 2.75) is 63.8 Å². The van der Waals surface area contributed by atoms with Crippen molar-refractivity contribution in [1.82, 2.24) is 15.2 Å². The molecule has 1 aliphatic heterocycles. The maximum Gasteiger partial charge on any atom is 0.407 e. The lowest BCUT2D eigenvalue weighted by molar-refractivity contribution is -0.158. The van der Waals surface area contributed by atoms with Crippen LogP contribution in [-0.4, -0.2) is 66.7 Å². The Morgan fingerprint density at radius 3 is 2.18 bits per heavy atom. The highest BCUT2D eigenvalue weighted by molar-refractivity contribution is 5.95. The van der Waals surface area contributed by atoms with Crippen molar-refractivity contribution in [2.75, 3.05) is 20.8 Å². The molecule has 1 aromatic heterocycles. The van der Waals surface area contributed by atoms with Gasteiger partial charge < -0.3 is 34.1 Å². The summed E-state index contributed by atoms with van der Waals surface area (Å²) >= 11 is 0. The lowest BCUT2D eigenvalue weighted by Gasteiger charge is -2.42. The second kappa shape index (κ2) is 16.1. The molecule has 2 heterocycles. The molecule has 11 nitrogen and oxygen atoms in total. The van der Waals surface area contributed by atoms with E-state index < -0.39 is 48.5 Å². The number of fused-ring (bicyclic) bond motifs is 6. The molecule has 3 atom stereocenters. The summed E-state index contributed by atoms with van der Waals surface area (Å²) in [6.45, 7) is 4.05. The molecule has 0 saturated carbocycles. The number of carbonyl (C=O) groups is 4. The zero-order chi connectivity index (χ0) is 38.6. The summed E-state index contributed by atoms with van der Waals surface area (Å²) in [5.41, 5.74) is 7.46. The molecule has 0 bridgehead atoms. The molecule has 2 N–H and O–H groups in total. The minimum atomic E-state index is -1.42. The number of hydrogen-bond donors (Lipinski definition) is 2. The molecule has 284 valence electrons. The summed E-state index contributed by atoms with van der Waals surface area (Å²) in [7, 11) is 2.87. The number of rotatable bonds is 12. The summed E-state index contributed by atoms with van der Waals surface area (Å²) in [5.74, 6) is -1.41. The predicted octanol–water partition coefficient (Wildman–Crippen LogP) is 7.23. The first-order valence-electron chi connectivity index (χ1n) is 18.6. The Hall–Kier alpha value is -6.10. The normalized spacial score (nSPS) is 16.5. The van der Waals surface area contributed by atoms with E-state index in [1.807, 2.05) is 111 Å². The number of nitrogens with one attached hydrogen (secondary N) is 2. The molecule has 55 heavy (non-hydrogen) atoms. The monoisotopic (exact) mass is 743 g/mol. The SMILES string of the molecule is COC(=O)[C@@H]1Cc2c([nH]c3cc(OC)ccc23)C(CC(C)C)N1C(=O)[C@H](CC(=O)OCc1ccccc1)NC(=O)OCC1c2ccccc2-c2ccccc21. The first kappa shape index (κ1) is 37.2. The van der Waals surface area contributed by atoms with E-state index in [-0.39, 0.29) is 31.5 Å². The molecule has 1 aliphatic carbocycles. The van der Waals surface area contributed by atoms with Crippen LogP contribution in [0, 0.1) is 5.92 Å². The minimum Gasteiger partial charge on any atom is -0.497 e. The maximum absolute atomic E-state index is 15.0. The van der Waals surface area contributed by atoms with Crippen LogP contribution < -0.4 is 10.1 Å². The van der Waals surface area contributed by atoms with Crippen LogP contribution >= 0.6 is 0 Å². The Bertz CT molecular complexity index is 2170. The van der Waals surface area contributed by atoms with Crippen LogP contribution in [0.2, 0.25) is 0 Å². The number of methoxy groups -OCH3 is 2. The highest BCUT2D eigenvalue weighted by atomic mass is 16.6. The Morgan fingerprint density at radius 1 is 0.855 bits per heavy atom. The van der Waals surface area contributed by atoms with Gasteiger partial charge in [0.05, 0.1) is 26.7 Å². The molecule has 1 unspecified atom stereocenters. The van der Waals surface area contributed by atoms with Crippen LogP contribution in [0.3, 0.4) is 0 Å². The van der Waals surface area contributed by atoms with Gasteiger partial charge in [0.1, 0.15) is 31.0 Å². The van der Waals surface area contributed by atoms with E-state index >= 15 is 0 Å². The van der Waals surface area contributed by atoms with Gasteiger partial charge in [0.2, 0.25) is 5.91 Å². The maximum atomic E-state index is 15.0. The second-order valence-electron chi connectivity index (χ2n) is 14.4. The quantitative estimate of drug-likeness (QED) is 0.101. The number of hydrogen-bond acceptors (Lipinski definition) is 8. The summed E-state index contributed by atoms with van der Waals surface area (Å²) < 4.78 is 22.2. The lowest BCUT2D eigenvalue weighted by Crippen LogP contribution is -2.58. The van der Waals surface area contributed by atoms with Gasteiger partial charge in [-0.1, -0.05) is 92.7 Å². The number of ether oxygens (including phenoxy) is 4. The Balaban J connectivity index is 1.19. The van der Waals surface area contributed by atoms with Crippen molar-refractivity contribution < 1.29 is 38.1 Å². The largest absolute Gasteiger partial charge is 0.497 e. The Labute approximate surface area is 319 Å². The van der Waals surface area contributed by atoms with Gasteiger partial charge in [-0.15, -0.1) is 0 Å². The molecule has 11 heteroatoms. The zero-order valence-electron chi connectivity index (χ0n) is 31.4. The number of H-pyrrole nitrogens is 1. The number of esters is 2. The number of aromatic nitrogens is 1. The van der Waals surface area contributed by atoms with Crippen molar-refractivity contribution in [2.24, 2.45) is 5.92 Å². The van der Waals surface area contributed by atoms with E-state index in [4.69, 9.17) is 18.9 Å². The van der Waals surface area contributed by atoms with E-state index in [1.54, 1.807) is 7.11 Å². The third kappa shape index (κ3) is 7.64. The Morgan fingerprint density at radius 2 is 1.53 bits per heavy atom. The van der Waals surface area contributed by atoms with E-state index in [9.17, 15) is 19.2 Å². The summed E-state index contributed by atoms with van der Waals surface area (Å²) in [5, 5.41) is 3.61. The lowest BCUT2D eigenvalue weighted by atomic mass is 9.86. The van der Waals surface area contributed by atoms with Crippen LogP contribution in [0.4, 0.5) is 4.79 Å². The van der Waals surface area contributed by atoms with Crippen molar-refractivity contribution in [3.63, 3.8) is 0 Å². The van der Waals surface area contributed by atoms with Gasteiger partial charge in [0, 0.05) is 35.0 Å². The minimum absolute atomic E-state index is 0.00554. The first-order valence-corrected chi connectivity index (χ1v) is 18.6. The first-order chi connectivity index (χ1) is 26.7. The number of amides is 2. The summed E-state index contributed by atoms with van der Waals surface area (Å²) in [4.78, 5) is 60.7. The number of aromatic amines is 1. The average molecular weight is 744 g/mol. The predicted molar refractivity (Wildman–Crippen MR) is 206 cm³/mol. The van der Waals surface area contributed by atoms with Crippen LogP contribution in [-0.2, 0) is 41.6 Å². The molecule has 0 saturated heterocycles. The van der Waals surface area contributed by atoms with E-state index in [0.717, 1.165) is 50.0 Å².